The van der Waals surface area contributed by atoms with Crippen molar-refractivity contribution in [3.05, 3.63) is 42.2 Å². The Morgan fingerprint density at radius 2 is 2.00 bits per heavy atom. The summed E-state index contributed by atoms with van der Waals surface area (Å²) in [5.41, 5.74) is 2.45. The van der Waals surface area contributed by atoms with E-state index in [9.17, 15) is 4.79 Å². The molecule has 0 aromatic heterocycles. The lowest BCUT2D eigenvalue weighted by atomic mass is 9.96. The Kier molecular flexibility index (Phi) is 6.01. The number of anilines is 1. The predicted molar refractivity (Wildman–Crippen MR) is 98.1 cm³/mol. The SMILES string of the molecule is O=CC(=NC1CCCCC1)/C(=C\Nc1ccccc1)N1CCNC1. The zero-order valence-corrected chi connectivity index (χ0v) is 14.1. The molecule has 1 aliphatic carbocycles. The molecule has 0 spiro atoms. The van der Waals surface area contributed by atoms with Crippen molar-refractivity contribution in [1.29, 1.82) is 0 Å². The molecule has 0 unspecified atom stereocenters. The third-order valence-corrected chi connectivity index (χ3v) is 4.62. The van der Waals surface area contributed by atoms with Gasteiger partial charge in [0, 0.05) is 25.0 Å². The number of nitrogens with one attached hydrogen (secondary N) is 2. The van der Waals surface area contributed by atoms with Crippen LogP contribution in [0.2, 0.25) is 0 Å². The summed E-state index contributed by atoms with van der Waals surface area (Å²) in [4.78, 5) is 18.7. The van der Waals surface area contributed by atoms with Crippen LogP contribution in [0.15, 0.2) is 47.2 Å². The molecule has 1 aromatic carbocycles. The number of carbonyl (C=O) groups is 1. The van der Waals surface area contributed by atoms with Crippen LogP contribution >= 0.6 is 0 Å². The molecule has 1 saturated carbocycles. The number of hydrogen-bond acceptors (Lipinski definition) is 5. The van der Waals surface area contributed by atoms with Crippen LogP contribution in [-0.4, -0.2) is 42.7 Å². The fourth-order valence-corrected chi connectivity index (χ4v) is 3.29. The summed E-state index contributed by atoms with van der Waals surface area (Å²) in [5.74, 6) is 0. The van der Waals surface area contributed by atoms with E-state index in [0.29, 0.717) is 5.71 Å². The molecule has 0 atom stereocenters. The highest BCUT2D eigenvalue weighted by molar-refractivity contribution is 6.36. The lowest BCUT2D eigenvalue weighted by Crippen LogP contribution is -2.29. The molecular weight excluding hydrogens is 300 g/mol. The number of hydrogen-bond donors (Lipinski definition) is 2. The second-order valence-corrected chi connectivity index (χ2v) is 6.39. The highest BCUT2D eigenvalue weighted by atomic mass is 16.1. The van der Waals surface area contributed by atoms with Gasteiger partial charge in [0.25, 0.3) is 0 Å². The summed E-state index contributed by atoms with van der Waals surface area (Å²) in [7, 11) is 0. The van der Waals surface area contributed by atoms with Crippen LogP contribution in [0, 0.1) is 0 Å². The average Bonchev–Trinajstić information content (AvgIpc) is 3.17. The summed E-state index contributed by atoms with van der Waals surface area (Å²) in [6.07, 6.45) is 8.73. The molecule has 3 rings (SSSR count). The Labute approximate surface area is 143 Å². The number of para-hydroxylation sites is 1. The van der Waals surface area contributed by atoms with Gasteiger partial charge in [-0.2, -0.15) is 0 Å². The molecule has 0 bridgehead atoms. The topological polar surface area (TPSA) is 56.7 Å². The van der Waals surface area contributed by atoms with E-state index in [4.69, 9.17) is 4.99 Å². The normalized spacial score (nSPS) is 20.2. The maximum Gasteiger partial charge on any atom is 0.170 e. The number of benzene rings is 1. The molecule has 0 radical (unpaired) electrons. The predicted octanol–water partition coefficient (Wildman–Crippen LogP) is 2.78. The summed E-state index contributed by atoms with van der Waals surface area (Å²) in [6, 6.07) is 10.3. The Morgan fingerprint density at radius 3 is 2.67 bits per heavy atom. The van der Waals surface area contributed by atoms with Gasteiger partial charge in [-0.15, -0.1) is 0 Å². The Bertz CT molecular complexity index is 585. The van der Waals surface area contributed by atoms with Crippen molar-refractivity contribution in [2.45, 2.75) is 38.1 Å². The van der Waals surface area contributed by atoms with Gasteiger partial charge in [-0.05, 0) is 25.0 Å². The number of allylic oxidation sites excluding steroid dienone is 1. The highest BCUT2D eigenvalue weighted by Gasteiger charge is 2.21. The number of nitrogens with zero attached hydrogens (tertiary/aromatic N) is 2. The summed E-state index contributed by atoms with van der Waals surface area (Å²) >= 11 is 0. The van der Waals surface area contributed by atoms with E-state index in [1.807, 2.05) is 36.5 Å². The van der Waals surface area contributed by atoms with E-state index in [-0.39, 0.29) is 6.04 Å². The molecule has 1 heterocycles. The molecule has 24 heavy (non-hydrogen) atoms. The minimum absolute atomic E-state index is 0.287. The lowest BCUT2D eigenvalue weighted by molar-refractivity contribution is -0.102. The van der Waals surface area contributed by atoms with Crippen LogP contribution in [0.3, 0.4) is 0 Å². The third-order valence-electron chi connectivity index (χ3n) is 4.62. The minimum atomic E-state index is 0.287. The van der Waals surface area contributed by atoms with Crippen molar-refractivity contribution in [2.24, 2.45) is 4.99 Å². The molecule has 1 aliphatic heterocycles. The smallest absolute Gasteiger partial charge is 0.170 e. The second-order valence-electron chi connectivity index (χ2n) is 6.39. The number of aliphatic imine (C=N–C) groups is 1. The van der Waals surface area contributed by atoms with Crippen molar-refractivity contribution in [2.75, 3.05) is 25.1 Å². The van der Waals surface area contributed by atoms with Gasteiger partial charge in [-0.1, -0.05) is 37.5 Å². The number of aldehydes is 1. The zero-order valence-electron chi connectivity index (χ0n) is 14.1. The second kappa shape index (κ2) is 8.64. The molecule has 5 nitrogen and oxygen atoms in total. The fourth-order valence-electron chi connectivity index (χ4n) is 3.29. The maximum absolute atomic E-state index is 11.7. The molecule has 2 N–H and O–H groups in total. The Balaban J connectivity index is 1.81. The van der Waals surface area contributed by atoms with E-state index >= 15 is 0 Å². The molecular formula is C19H26N4O. The Hall–Kier alpha value is -2.14. The summed E-state index contributed by atoms with van der Waals surface area (Å²) < 4.78 is 0. The van der Waals surface area contributed by atoms with Gasteiger partial charge in [0.15, 0.2) is 6.29 Å². The summed E-state index contributed by atoms with van der Waals surface area (Å²) in [5, 5.41) is 6.62. The van der Waals surface area contributed by atoms with Gasteiger partial charge in [0.05, 0.1) is 18.4 Å². The number of carbonyl (C=O) groups excluding carboxylic acids is 1. The lowest BCUT2D eigenvalue weighted by Gasteiger charge is -2.23. The van der Waals surface area contributed by atoms with Crippen LogP contribution in [0.5, 0.6) is 0 Å². The van der Waals surface area contributed by atoms with Crippen LogP contribution in [0.25, 0.3) is 0 Å². The highest BCUT2D eigenvalue weighted by Crippen LogP contribution is 2.21. The van der Waals surface area contributed by atoms with Crippen molar-refractivity contribution >= 4 is 17.7 Å². The van der Waals surface area contributed by atoms with Crippen molar-refractivity contribution < 1.29 is 4.79 Å². The van der Waals surface area contributed by atoms with Crippen LogP contribution in [0.1, 0.15) is 32.1 Å². The molecule has 1 aromatic rings. The first-order valence-corrected chi connectivity index (χ1v) is 8.87. The quantitative estimate of drug-likeness (QED) is 0.623. The number of rotatable bonds is 6. The van der Waals surface area contributed by atoms with Crippen LogP contribution in [0.4, 0.5) is 5.69 Å². The van der Waals surface area contributed by atoms with Gasteiger partial charge >= 0.3 is 0 Å². The van der Waals surface area contributed by atoms with Gasteiger partial charge in [0.1, 0.15) is 5.71 Å². The van der Waals surface area contributed by atoms with Gasteiger partial charge < -0.3 is 10.2 Å². The molecule has 128 valence electrons. The summed E-state index contributed by atoms with van der Waals surface area (Å²) in [6.45, 7) is 2.57. The van der Waals surface area contributed by atoms with E-state index in [1.54, 1.807) is 0 Å². The van der Waals surface area contributed by atoms with Crippen LogP contribution < -0.4 is 10.6 Å². The average molecular weight is 326 g/mol. The molecule has 1 saturated heterocycles. The van der Waals surface area contributed by atoms with E-state index < -0.39 is 0 Å². The fraction of sp³-hybridized carbons (Fsp3) is 0.474. The first kappa shape index (κ1) is 16.7. The minimum Gasteiger partial charge on any atom is -0.360 e. The first-order chi connectivity index (χ1) is 11.9. The maximum atomic E-state index is 11.7. The zero-order chi connectivity index (χ0) is 16.6. The molecule has 2 fully saturated rings. The van der Waals surface area contributed by atoms with Crippen molar-refractivity contribution in [3.63, 3.8) is 0 Å². The van der Waals surface area contributed by atoms with E-state index in [2.05, 4.69) is 15.5 Å². The molecule has 5 heteroatoms. The molecule has 2 aliphatic rings. The standard InChI is InChI=1S/C19H26N4O/c24-14-18(22-17-9-5-2-6-10-17)19(23-12-11-20-15-23)13-21-16-7-3-1-4-8-16/h1,3-4,7-8,13-14,17,20-21H,2,5-6,9-12,15H2/b19-13+,22-18?. The third kappa shape index (κ3) is 4.45. The Morgan fingerprint density at radius 1 is 1.21 bits per heavy atom. The van der Waals surface area contributed by atoms with E-state index in [0.717, 1.165) is 50.3 Å². The first-order valence-electron chi connectivity index (χ1n) is 8.87. The monoisotopic (exact) mass is 326 g/mol. The van der Waals surface area contributed by atoms with Gasteiger partial charge in [-0.3, -0.25) is 15.1 Å². The molecule has 0 amide bonds. The van der Waals surface area contributed by atoms with Gasteiger partial charge in [0.2, 0.25) is 0 Å². The van der Waals surface area contributed by atoms with Crippen LogP contribution in [-0.2, 0) is 4.79 Å². The largest absolute Gasteiger partial charge is 0.360 e. The van der Waals surface area contributed by atoms with Crippen molar-refractivity contribution in [1.82, 2.24) is 10.2 Å². The van der Waals surface area contributed by atoms with Crippen molar-refractivity contribution in [3.8, 4) is 0 Å². The van der Waals surface area contributed by atoms with E-state index in [1.165, 1.54) is 19.3 Å². The van der Waals surface area contributed by atoms with Gasteiger partial charge in [-0.25, -0.2) is 0 Å².